The molecule has 3 N–H and O–H groups in total. The number of benzene rings is 1. The number of carbonyl (C=O) groups excluding carboxylic acids is 4. The predicted octanol–water partition coefficient (Wildman–Crippen LogP) is 7.02. The van der Waals surface area contributed by atoms with Gasteiger partial charge in [-0.15, -0.1) is 0 Å². The summed E-state index contributed by atoms with van der Waals surface area (Å²) < 4.78 is 27.7. The third-order valence-corrected chi connectivity index (χ3v) is 15.6. The number of hydrogen-bond donors (Lipinski definition) is 3. The molecule has 66 heavy (non-hydrogen) atoms. The van der Waals surface area contributed by atoms with E-state index in [-0.39, 0.29) is 30.1 Å². The zero-order chi connectivity index (χ0) is 46.1. The number of allylic oxidation sites excluding steroid dienone is 1. The minimum Gasteiger partial charge on any atom is -0.385 e. The molecule has 4 amide bonds. The highest BCUT2D eigenvalue weighted by atomic mass is 19.3. The quantitative estimate of drug-likeness (QED) is 0.191. The first kappa shape index (κ1) is 46.0. The van der Waals surface area contributed by atoms with E-state index in [9.17, 15) is 33.1 Å². The van der Waals surface area contributed by atoms with Crippen molar-refractivity contribution in [2.45, 2.75) is 133 Å². The van der Waals surface area contributed by atoms with Crippen molar-refractivity contribution >= 4 is 35.3 Å². The first-order valence-corrected chi connectivity index (χ1v) is 24.3. The number of fused-ring (bicyclic) bond motifs is 1. The summed E-state index contributed by atoms with van der Waals surface area (Å²) >= 11 is 0. The standard InChI is InChI=1S/C51H64F2N8O5/c1-3-35-27-42(46(52)53)50(65)61(40-6-4-5-7-40)47(35)56-32(2)55-44-16-12-37(28-54-44)36-18-22-58(23-19-36)29-33-8-10-34(11-9-33)30-59-24-20-51(66,21-25-59)39-13-14-41-38(26-39)31-60(49(41)64)43-15-17-45(62)57-48(43)63/h3,12-14,16,26-28,33-34,36,40,43,46,66H,2,4-11,15,17-25,29-31H2,1H3,(H,54,55)(H,57,62,63)/b35-3-,56-47+. The number of rotatable bonds is 12. The topological polar surface area (TPSA) is 151 Å². The van der Waals surface area contributed by atoms with Gasteiger partial charge in [-0.2, -0.15) is 0 Å². The van der Waals surface area contributed by atoms with Crippen LogP contribution in [0.15, 0.2) is 77.2 Å². The van der Waals surface area contributed by atoms with Crippen LogP contribution >= 0.6 is 0 Å². The van der Waals surface area contributed by atoms with E-state index < -0.39 is 35.5 Å². The number of pyridine rings is 1. The first-order chi connectivity index (χ1) is 31.8. The highest BCUT2D eigenvalue weighted by Crippen LogP contribution is 2.39. The molecule has 5 aliphatic heterocycles. The number of amides is 4. The lowest BCUT2D eigenvalue weighted by Crippen LogP contribution is -2.52. The number of aliphatic imine (C=N–C) groups is 1. The Morgan fingerprint density at radius 1 is 0.924 bits per heavy atom. The number of aromatic nitrogens is 1. The van der Waals surface area contributed by atoms with Crippen molar-refractivity contribution in [3.63, 3.8) is 0 Å². The average molecular weight is 907 g/mol. The molecule has 3 saturated heterocycles. The fraction of sp³-hybridized carbons (Fsp3) is 0.569. The maximum Gasteiger partial charge on any atom is 0.269 e. The molecule has 2 saturated carbocycles. The van der Waals surface area contributed by atoms with Gasteiger partial charge in [-0.1, -0.05) is 43.7 Å². The summed E-state index contributed by atoms with van der Waals surface area (Å²) in [5.74, 6) is 1.44. The summed E-state index contributed by atoms with van der Waals surface area (Å²) in [4.78, 5) is 68.1. The number of aliphatic hydroxyl groups is 1. The molecule has 1 unspecified atom stereocenters. The van der Waals surface area contributed by atoms with Crippen LogP contribution in [-0.2, 0) is 26.5 Å². The molecule has 2 aliphatic carbocycles. The van der Waals surface area contributed by atoms with Crippen LogP contribution in [0.5, 0.6) is 0 Å². The second-order valence-electron chi connectivity index (χ2n) is 19.8. The highest BCUT2D eigenvalue weighted by Gasteiger charge is 2.42. The van der Waals surface area contributed by atoms with E-state index in [1.807, 2.05) is 24.4 Å². The summed E-state index contributed by atoms with van der Waals surface area (Å²) in [7, 11) is 0. The van der Waals surface area contributed by atoms with Gasteiger partial charge in [-0.05, 0) is 143 Å². The molecular formula is C51H64F2N8O5. The van der Waals surface area contributed by atoms with Crippen molar-refractivity contribution in [1.82, 2.24) is 29.9 Å². The van der Waals surface area contributed by atoms with Gasteiger partial charge in [-0.25, -0.2) is 18.8 Å². The Labute approximate surface area is 386 Å². The van der Waals surface area contributed by atoms with Gasteiger partial charge in [0.05, 0.1) is 11.2 Å². The predicted molar refractivity (Wildman–Crippen MR) is 247 cm³/mol. The average Bonchev–Trinajstić information content (AvgIpc) is 3.96. The van der Waals surface area contributed by atoms with Gasteiger partial charge >= 0.3 is 0 Å². The molecule has 0 spiro atoms. The Morgan fingerprint density at radius 3 is 2.23 bits per heavy atom. The molecule has 7 aliphatic rings. The fourth-order valence-electron chi connectivity index (χ4n) is 11.7. The van der Waals surface area contributed by atoms with E-state index in [0.717, 1.165) is 88.9 Å². The van der Waals surface area contributed by atoms with Crippen molar-refractivity contribution < 1.29 is 33.1 Å². The maximum atomic E-state index is 13.8. The summed E-state index contributed by atoms with van der Waals surface area (Å²) in [5, 5.41) is 17.3. The van der Waals surface area contributed by atoms with Crippen molar-refractivity contribution in [3.8, 4) is 0 Å². The van der Waals surface area contributed by atoms with E-state index in [1.54, 1.807) is 24.0 Å². The second kappa shape index (κ2) is 19.6. The van der Waals surface area contributed by atoms with Crippen LogP contribution in [0.25, 0.3) is 0 Å². The lowest BCUT2D eigenvalue weighted by atomic mass is 9.80. The van der Waals surface area contributed by atoms with E-state index in [0.29, 0.717) is 66.4 Å². The molecule has 352 valence electrons. The number of imide groups is 1. The maximum absolute atomic E-state index is 13.8. The minimum absolute atomic E-state index is 0.171. The van der Waals surface area contributed by atoms with Crippen molar-refractivity contribution in [3.05, 3.63) is 94.5 Å². The summed E-state index contributed by atoms with van der Waals surface area (Å²) in [6.45, 7) is 12.2. The van der Waals surface area contributed by atoms with Crippen LogP contribution in [0.4, 0.5) is 14.6 Å². The molecule has 1 atom stereocenters. The molecule has 9 rings (SSSR count). The molecular weight excluding hydrogens is 843 g/mol. The molecule has 0 radical (unpaired) electrons. The summed E-state index contributed by atoms with van der Waals surface area (Å²) in [6, 6.07) is 8.84. The molecule has 6 heterocycles. The number of likely N-dealkylation sites (tertiary alicyclic amines) is 2. The molecule has 5 fully saturated rings. The zero-order valence-corrected chi connectivity index (χ0v) is 38.2. The molecule has 0 bridgehead atoms. The van der Waals surface area contributed by atoms with Gasteiger partial charge < -0.3 is 25.1 Å². The number of nitrogens with zero attached hydrogens (tertiary/aromatic N) is 6. The number of carbonyl (C=O) groups is 4. The lowest BCUT2D eigenvalue weighted by molar-refractivity contribution is -0.137. The van der Waals surface area contributed by atoms with Crippen molar-refractivity contribution in [2.24, 2.45) is 16.8 Å². The molecule has 2 aromatic rings. The molecule has 1 aromatic heterocycles. The number of piperidine rings is 3. The summed E-state index contributed by atoms with van der Waals surface area (Å²) in [6.07, 6.45) is 14.4. The van der Waals surface area contributed by atoms with Crippen molar-refractivity contribution in [2.75, 3.05) is 44.6 Å². The van der Waals surface area contributed by atoms with Gasteiger partial charge in [0.1, 0.15) is 23.5 Å². The van der Waals surface area contributed by atoms with Crippen LogP contribution in [0.2, 0.25) is 0 Å². The van der Waals surface area contributed by atoms with Gasteiger partial charge in [-0.3, -0.25) is 29.4 Å². The Kier molecular flexibility index (Phi) is 13.7. The number of alkyl halides is 2. The van der Waals surface area contributed by atoms with Crippen LogP contribution in [0.3, 0.4) is 0 Å². The molecule has 13 nitrogen and oxygen atoms in total. The Hall–Kier alpha value is -5.12. The monoisotopic (exact) mass is 906 g/mol. The van der Waals surface area contributed by atoms with Crippen LogP contribution in [-0.4, -0.2) is 117 Å². The van der Waals surface area contributed by atoms with Gasteiger partial charge in [0.2, 0.25) is 11.8 Å². The Bertz CT molecular complexity index is 2280. The van der Waals surface area contributed by atoms with Crippen LogP contribution in [0.1, 0.15) is 130 Å². The number of nitrogens with one attached hydrogen (secondary N) is 2. The van der Waals surface area contributed by atoms with Crippen LogP contribution in [0, 0.1) is 11.8 Å². The minimum atomic E-state index is -2.86. The molecule has 15 heteroatoms. The lowest BCUT2D eigenvalue weighted by Gasteiger charge is -2.41. The number of amidine groups is 1. The Balaban J connectivity index is 0.696. The normalized spacial score (nSPS) is 27.2. The SMILES string of the molecule is C=C(/N=C1\C(=C/C)C=C(C(F)F)C(=O)N1C1CCCC1)Nc1ccc(C2CCN(CC3CCC(CN4CCC(O)(c5ccc6c(c5)CN(C5CCC(=O)NC5=O)C6=O)CC4)CC3)CC2)cn1. The van der Waals surface area contributed by atoms with Gasteiger partial charge in [0.25, 0.3) is 18.2 Å². The van der Waals surface area contributed by atoms with Crippen LogP contribution < -0.4 is 10.6 Å². The number of anilines is 1. The Morgan fingerprint density at radius 2 is 1.61 bits per heavy atom. The third-order valence-electron chi connectivity index (χ3n) is 15.6. The van der Waals surface area contributed by atoms with Gasteiger partial charge in [0, 0.05) is 62.5 Å². The van der Waals surface area contributed by atoms with E-state index in [2.05, 4.69) is 43.1 Å². The van der Waals surface area contributed by atoms with Gasteiger partial charge in [0.15, 0.2) is 0 Å². The van der Waals surface area contributed by atoms with E-state index in [1.165, 1.54) is 42.2 Å². The smallest absolute Gasteiger partial charge is 0.269 e. The highest BCUT2D eigenvalue weighted by molar-refractivity contribution is 6.18. The second-order valence-corrected chi connectivity index (χ2v) is 19.8. The number of hydrogen-bond acceptors (Lipinski definition) is 10. The largest absolute Gasteiger partial charge is 0.385 e. The fourth-order valence-corrected chi connectivity index (χ4v) is 11.7. The number of halogens is 2. The van der Waals surface area contributed by atoms with E-state index >= 15 is 0 Å². The molecule has 1 aromatic carbocycles. The zero-order valence-electron chi connectivity index (χ0n) is 38.2. The van der Waals surface area contributed by atoms with Crippen molar-refractivity contribution in [1.29, 1.82) is 0 Å². The van der Waals surface area contributed by atoms with E-state index in [4.69, 9.17) is 0 Å². The third kappa shape index (κ3) is 9.80. The summed E-state index contributed by atoms with van der Waals surface area (Å²) in [5.41, 5.74) is 2.47. The first-order valence-electron chi connectivity index (χ1n) is 24.3.